The molecule has 0 aromatic carbocycles. The van der Waals surface area contributed by atoms with Gasteiger partial charge in [-0.3, -0.25) is 9.78 Å². The summed E-state index contributed by atoms with van der Waals surface area (Å²) in [7, 11) is 0. The average molecular weight is 233 g/mol. The number of carbonyl (C=O) groups is 1. The van der Waals surface area contributed by atoms with E-state index in [1.807, 2.05) is 25.1 Å². The minimum absolute atomic E-state index is 0.0412. The second-order valence-corrected chi connectivity index (χ2v) is 4.75. The van der Waals surface area contributed by atoms with Gasteiger partial charge in [0, 0.05) is 18.2 Å². The lowest BCUT2D eigenvalue weighted by Gasteiger charge is -2.16. The zero-order valence-corrected chi connectivity index (χ0v) is 10.1. The second kappa shape index (κ2) is 5.27. The van der Waals surface area contributed by atoms with Crippen molar-refractivity contribution in [2.75, 3.05) is 0 Å². The molecular formula is C13H19N3O. The zero-order valence-electron chi connectivity index (χ0n) is 10.1. The Balaban J connectivity index is 1.91. The third-order valence-corrected chi connectivity index (χ3v) is 3.33. The fourth-order valence-corrected chi connectivity index (χ4v) is 2.29. The van der Waals surface area contributed by atoms with Crippen molar-refractivity contribution in [2.24, 2.45) is 11.7 Å². The summed E-state index contributed by atoms with van der Waals surface area (Å²) < 4.78 is 0. The lowest BCUT2D eigenvalue weighted by atomic mass is 10.1. The summed E-state index contributed by atoms with van der Waals surface area (Å²) in [4.78, 5) is 16.2. The molecule has 2 rings (SSSR count). The molecule has 1 saturated carbocycles. The van der Waals surface area contributed by atoms with Crippen LogP contribution in [0.1, 0.15) is 37.9 Å². The Morgan fingerprint density at radius 2 is 2.35 bits per heavy atom. The first-order valence-electron chi connectivity index (χ1n) is 6.13. The van der Waals surface area contributed by atoms with Gasteiger partial charge in [0.2, 0.25) is 5.91 Å². The molecule has 17 heavy (non-hydrogen) atoms. The highest BCUT2D eigenvalue weighted by atomic mass is 16.1. The molecule has 0 aliphatic heterocycles. The lowest BCUT2D eigenvalue weighted by molar-refractivity contribution is -0.125. The van der Waals surface area contributed by atoms with Crippen LogP contribution in [0.2, 0.25) is 0 Å². The fraction of sp³-hybridized carbons (Fsp3) is 0.538. The molecule has 0 radical (unpaired) electrons. The van der Waals surface area contributed by atoms with Gasteiger partial charge in [-0.1, -0.05) is 6.07 Å². The van der Waals surface area contributed by atoms with E-state index in [-0.39, 0.29) is 23.9 Å². The molecule has 3 N–H and O–H groups in total. The summed E-state index contributed by atoms with van der Waals surface area (Å²) in [6.07, 6.45) is 4.40. The quantitative estimate of drug-likeness (QED) is 0.829. The van der Waals surface area contributed by atoms with Crippen LogP contribution in [0.4, 0.5) is 0 Å². The summed E-state index contributed by atoms with van der Waals surface area (Å²) in [6.45, 7) is 1.95. The Kier molecular flexibility index (Phi) is 3.74. The summed E-state index contributed by atoms with van der Waals surface area (Å²) in [5.41, 5.74) is 6.70. The van der Waals surface area contributed by atoms with E-state index in [9.17, 15) is 4.79 Å². The van der Waals surface area contributed by atoms with Crippen LogP contribution in [0, 0.1) is 5.92 Å². The molecule has 4 heteroatoms. The number of carbonyl (C=O) groups excluding carboxylic acids is 1. The molecular weight excluding hydrogens is 214 g/mol. The van der Waals surface area contributed by atoms with E-state index >= 15 is 0 Å². The number of amides is 1. The largest absolute Gasteiger partial charge is 0.348 e. The summed E-state index contributed by atoms with van der Waals surface area (Å²) in [5, 5.41) is 3.00. The van der Waals surface area contributed by atoms with Crippen molar-refractivity contribution in [1.29, 1.82) is 0 Å². The molecule has 1 aliphatic carbocycles. The van der Waals surface area contributed by atoms with Crippen molar-refractivity contribution < 1.29 is 4.79 Å². The van der Waals surface area contributed by atoms with E-state index in [1.54, 1.807) is 6.20 Å². The number of nitrogens with two attached hydrogens (primary N) is 1. The Labute approximate surface area is 102 Å². The minimum atomic E-state index is -0.0412. The van der Waals surface area contributed by atoms with Gasteiger partial charge in [0.25, 0.3) is 0 Å². The van der Waals surface area contributed by atoms with Gasteiger partial charge in [-0.25, -0.2) is 0 Å². The van der Waals surface area contributed by atoms with E-state index in [4.69, 9.17) is 5.73 Å². The van der Waals surface area contributed by atoms with Crippen LogP contribution in [-0.4, -0.2) is 16.9 Å². The average Bonchev–Trinajstić information content (AvgIpc) is 2.77. The molecule has 1 aromatic heterocycles. The van der Waals surface area contributed by atoms with Crippen LogP contribution >= 0.6 is 0 Å². The Morgan fingerprint density at radius 3 is 2.94 bits per heavy atom. The number of hydrogen-bond donors (Lipinski definition) is 2. The molecule has 0 bridgehead atoms. The lowest BCUT2D eigenvalue weighted by Crippen LogP contribution is -2.32. The predicted octanol–water partition coefficient (Wildman–Crippen LogP) is 1.39. The van der Waals surface area contributed by atoms with E-state index in [2.05, 4.69) is 10.3 Å². The zero-order chi connectivity index (χ0) is 12.3. The number of nitrogens with one attached hydrogen (secondary N) is 1. The topological polar surface area (TPSA) is 68.0 Å². The van der Waals surface area contributed by atoms with Gasteiger partial charge in [0.15, 0.2) is 0 Å². The van der Waals surface area contributed by atoms with Crippen molar-refractivity contribution in [1.82, 2.24) is 10.3 Å². The van der Waals surface area contributed by atoms with Crippen LogP contribution < -0.4 is 11.1 Å². The maximum absolute atomic E-state index is 12.0. The smallest absolute Gasteiger partial charge is 0.223 e. The Hall–Kier alpha value is -1.42. The number of pyridine rings is 1. The SMILES string of the molecule is CC(NC(=O)C1CCC(N)C1)c1ccccn1. The van der Waals surface area contributed by atoms with Crippen molar-refractivity contribution in [2.45, 2.75) is 38.3 Å². The molecule has 1 aliphatic rings. The first-order valence-corrected chi connectivity index (χ1v) is 6.13. The molecule has 0 saturated heterocycles. The fourth-order valence-electron chi connectivity index (χ4n) is 2.29. The van der Waals surface area contributed by atoms with Crippen molar-refractivity contribution in [3.63, 3.8) is 0 Å². The van der Waals surface area contributed by atoms with Gasteiger partial charge in [0.1, 0.15) is 0 Å². The molecule has 1 heterocycles. The monoisotopic (exact) mass is 233 g/mol. The Morgan fingerprint density at radius 1 is 1.53 bits per heavy atom. The van der Waals surface area contributed by atoms with Gasteiger partial charge in [-0.2, -0.15) is 0 Å². The minimum Gasteiger partial charge on any atom is -0.348 e. The standard InChI is InChI=1S/C13H19N3O/c1-9(12-4-2-3-7-15-12)16-13(17)10-5-6-11(14)8-10/h2-4,7,9-11H,5-6,8,14H2,1H3,(H,16,17). The third kappa shape index (κ3) is 3.03. The summed E-state index contributed by atoms with van der Waals surface area (Å²) in [5.74, 6) is 0.187. The molecule has 92 valence electrons. The molecule has 1 amide bonds. The molecule has 0 spiro atoms. The first-order chi connectivity index (χ1) is 8.16. The Bertz CT molecular complexity index is 380. The highest BCUT2D eigenvalue weighted by Crippen LogP contribution is 2.24. The number of rotatable bonds is 3. The van der Waals surface area contributed by atoms with Gasteiger partial charge < -0.3 is 11.1 Å². The predicted molar refractivity (Wildman–Crippen MR) is 66.1 cm³/mol. The molecule has 1 fully saturated rings. The van der Waals surface area contributed by atoms with Crippen molar-refractivity contribution in [3.05, 3.63) is 30.1 Å². The van der Waals surface area contributed by atoms with E-state index in [1.165, 1.54) is 0 Å². The van der Waals surface area contributed by atoms with Crippen LogP contribution in [0.15, 0.2) is 24.4 Å². The van der Waals surface area contributed by atoms with Crippen molar-refractivity contribution >= 4 is 5.91 Å². The third-order valence-electron chi connectivity index (χ3n) is 3.33. The van der Waals surface area contributed by atoms with E-state index in [0.29, 0.717) is 0 Å². The first kappa shape index (κ1) is 12.0. The van der Waals surface area contributed by atoms with Gasteiger partial charge in [-0.05, 0) is 38.3 Å². The summed E-state index contributed by atoms with van der Waals surface area (Å²) in [6, 6.07) is 5.87. The van der Waals surface area contributed by atoms with Gasteiger partial charge in [-0.15, -0.1) is 0 Å². The van der Waals surface area contributed by atoms with Gasteiger partial charge >= 0.3 is 0 Å². The van der Waals surface area contributed by atoms with Crippen LogP contribution in [-0.2, 0) is 4.79 Å². The van der Waals surface area contributed by atoms with Gasteiger partial charge in [0.05, 0.1) is 11.7 Å². The maximum Gasteiger partial charge on any atom is 0.223 e. The number of hydrogen-bond acceptors (Lipinski definition) is 3. The molecule has 3 atom stereocenters. The number of aromatic nitrogens is 1. The van der Waals surface area contributed by atoms with E-state index < -0.39 is 0 Å². The molecule has 3 unspecified atom stereocenters. The maximum atomic E-state index is 12.0. The van der Waals surface area contributed by atoms with Crippen LogP contribution in [0.5, 0.6) is 0 Å². The second-order valence-electron chi connectivity index (χ2n) is 4.75. The van der Waals surface area contributed by atoms with Crippen LogP contribution in [0.25, 0.3) is 0 Å². The molecule has 1 aromatic rings. The summed E-state index contributed by atoms with van der Waals surface area (Å²) >= 11 is 0. The van der Waals surface area contributed by atoms with Crippen molar-refractivity contribution in [3.8, 4) is 0 Å². The number of nitrogens with zero attached hydrogens (tertiary/aromatic N) is 1. The van der Waals surface area contributed by atoms with Crippen LogP contribution in [0.3, 0.4) is 0 Å². The normalized spacial score (nSPS) is 25.5. The highest BCUT2D eigenvalue weighted by molar-refractivity contribution is 5.79. The highest BCUT2D eigenvalue weighted by Gasteiger charge is 2.28. The molecule has 4 nitrogen and oxygen atoms in total. The van der Waals surface area contributed by atoms with E-state index in [0.717, 1.165) is 25.0 Å².